The minimum absolute atomic E-state index is 0. The maximum absolute atomic E-state index is 12.6. The molecule has 2 saturated heterocycles. The molecule has 0 radical (unpaired) electrons. The van der Waals surface area contributed by atoms with Crippen molar-refractivity contribution in [2.45, 2.75) is 45.5 Å². The predicted molar refractivity (Wildman–Crippen MR) is 123 cm³/mol. The minimum Gasteiger partial charge on any atom is -0.357 e. The molecular formula is C19H38F3IN6. The third-order valence-corrected chi connectivity index (χ3v) is 5.57. The van der Waals surface area contributed by atoms with Crippen LogP contribution in [0.15, 0.2) is 4.99 Å². The van der Waals surface area contributed by atoms with Gasteiger partial charge in [-0.25, -0.2) is 0 Å². The van der Waals surface area contributed by atoms with Crippen LogP contribution in [0.2, 0.25) is 0 Å². The number of guanidine groups is 1. The van der Waals surface area contributed by atoms with Gasteiger partial charge in [0.05, 0.1) is 13.1 Å². The van der Waals surface area contributed by atoms with Crippen LogP contribution in [0.5, 0.6) is 0 Å². The summed E-state index contributed by atoms with van der Waals surface area (Å²) in [5.74, 6) is 1.20. The molecule has 0 bridgehead atoms. The molecule has 0 aromatic heterocycles. The molecule has 0 spiro atoms. The van der Waals surface area contributed by atoms with E-state index in [1.165, 1.54) is 4.90 Å². The first-order valence-electron chi connectivity index (χ1n) is 10.4. The lowest BCUT2D eigenvalue weighted by Crippen LogP contribution is -2.52. The van der Waals surface area contributed by atoms with E-state index in [0.29, 0.717) is 44.0 Å². The number of nitrogens with one attached hydrogen (secondary N) is 2. The van der Waals surface area contributed by atoms with Crippen molar-refractivity contribution >= 4 is 29.9 Å². The number of piperazine rings is 1. The fraction of sp³-hybridized carbons (Fsp3) is 0.947. The van der Waals surface area contributed by atoms with Crippen LogP contribution in [0.4, 0.5) is 13.2 Å². The highest BCUT2D eigenvalue weighted by atomic mass is 127. The van der Waals surface area contributed by atoms with Gasteiger partial charge in [-0.2, -0.15) is 13.2 Å². The Morgan fingerprint density at radius 3 is 2.34 bits per heavy atom. The standard InChI is InChI=1S/C19H37F3N6.HI/c1-5-23-18(25-16-6-7-27(13-16)14-19(20,21)22)24-12-17(15(2)3)28-10-8-26(4)9-11-28;/h15-17H,5-14H2,1-4H3,(H2,23,24,25);1H. The van der Waals surface area contributed by atoms with Crippen LogP contribution in [0.25, 0.3) is 0 Å². The number of likely N-dealkylation sites (tertiary alicyclic amines) is 1. The molecule has 2 aliphatic rings. The molecular weight excluding hydrogens is 496 g/mol. The van der Waals surface area contributed by atoms with Gasteiger partial charge in [-0.15, -0.1) is 24.0 Å². The number of nitrogens with zero attached hydrogens (tertiary/aromatic N) is 4. The molecule has 2 unspecified atom stereocenters. The summed E-state index contributed by atoms with van der Waals surface area (Å²) < 4.78 is 37.8. The van der Waals surface area contributed by atoms with E-state index in [9.17, 15) is 13.2 Å². The number of hydrogen-bond donors (Lipinski definition) is 2. The highest BCUT2D eigenvalue weighted by Gasteiger charge is 2.34. The van der Waals surface area contributed by atoms with Crippen molar-refractivity contribution in [2.24, 2.45) is 10.9 Å². The summed E-state index contributed by atoms with van der Waals surface area (Å²) >= 11 is 0. The number of aliphatic imine (C=N–C) groups is 1. The highest BCUT2D eigenvalue weighted by Crippen LogP contribution is 2.20. The average molecular weight is 534 g/mol. The molecule has 6 nitrogen and oxygen atoms in total. The zero-order chi connectivity index (χ0) is 20.7. The van der Waals surface area contributed by atoms with E-state index in [2.05, 4.69) is 41.3 Å². The molecule has 2 heterocycles. The van der Waals surface area contributed by atoms with Gasteiger partial charge < -0.3 is 15.5 Å². The molecule has 29 heavy (non-hydrogen) atoms. The van der Waals surface area contributed by atoms with Crippen LogP contribution in [-0.4, -0.2) is 105 Å². The molecule has 2 N–H and O–H groups in total. The third kappa shape index (κ3) is 9.56. The van der Waals surface area contributed by atoms with Gasteiger partial charge in [-0.3, -0.25) is 14.8 Å². The Balaban J connectivity index is 0.00000420. The first-order chi connectivity index (χ1) is 13.2. The topological polar surface area (TPSA) is 46.1 Å². The third-order valence-electron chi connectivity index (χ3n) is 5.57. The van der Waals surface area contributed by atoms with Crippen LogP contribution in [0.1, 0.15) is 27.2 Å². The Kier molecular flexibility index (Phi) is 11.5. The minimum atomic E-state index is -4.14. The van der Waals surface area contributed by atoms with Crippen LogP contribution >= 0.6 is 24.0 Å². The van der Waals surface area contributed by atoms with Crippen molar-refractivity contribution in [3.63, 3.8) is 0 Å². The number of hydrogen-bond acceptors (Lipinski definition) is 4. The Morgan fingerprint density at radius 2 is 1.79 bits per heavy atom. The molecule has 0 saturated carbocycles. The molecule has 0 aromatic carbocycles. The second-order valence-electron chi connectivity index (χ2n) is 8.35. The van der Waals surface area contributed by atoms with Crippen molar-refractivity contribution in [1.29, 1.82) is 0 Å². The fourth-order valence-corrected chi connectivity index (χ4v) is 3.95. The van der Waals surface area contributed by atoms with E-state index < -0.39 is 12.7 Å². The molecule has 0 aromatic rings. The molecule has 172 valence electrons. The summed E-state index contributed by atoms with van der Waals surface area (Å²) in [5, 5.41) is 6.59. The summed E-state index contributed by atoms with van der Waals surface area (Å²) in [5.41, 5.74) is 0. The van der Waals surface area contributed by atoms with E-state index in [0.717, 1.165) is 32.7 Å². The number of alkyl halides is 3. The van der Waals surface area contributed by atoms with Gasteiger partial charge in [0.25, 0.3) is 0 Å². The van der Waals surface area contributed by atoms with E-state index in [1.54, 1.807) is 0 Å². The molecule has 2 atom stereocenters. The van der Waals surface area contributed by atoms with E-state index in [4.69, 9.17) is 4.99 Å². The van der Waals surface area contributed by atoms with Crippen molar-refractivity contribution in [2.75, 3.05) is 66.0 Å². The molecule has 2 fully saturated rings. The van der Waals surface area contributed by atoms with E-state index in [1.807, 2.05) is 6.92 Å². The highest BCUT2D eigenvalue weighted by molar-refractivity contribution is 14.0. The quantitative estimate of drug-likeness (QED) is 0.298. The largest absolute Gasteiger partial charge is 0.401 e. The Morgan fingerprint density at radius 1 is 1.14 bits per heavy atom. The van der Waals surface area contributed by atoms with Gasteiger partial charge in [0.1, 0.15) is 0 Å². The Hall–Kier alpha value is -0.330. The van der Waals surface area contributed by atoms with Crippen LogP contribution in [0, 0.1) is 5.92 Å². The monoisotopic (exact) mass is 534 g/mol. The van der Waals surface area contributed by atoms with Gasteiger partial charge in [0.15, 0.2) is 5.96 Å². The summed E-state index contributed by atoms with van der Waals surface area (Å²) in [6, 6.07) is 0.371. The van der Waals surface area contributed by atoms with Crippen molar-refractivity contribution in [1.82, 2.24) is 25.3 Å². The summed E-state index contributed by atoms with van der Waals surface area (Å²) in [6.07, 6.45) is -3.44. The maximum atomic E-state index is 12.6. The average Bonchev–Trinajstić information content (AvgIpc) is 3.01. The van der Waals surface area contributed by atoms with Gasteiger partial charge in [0.2, 0.25) is 0 Å². The first-order valence-corrected chi connectivity index (χ1v) is 10.4. The molecule has 2 aliphatic heterocycles. The van der Waals surface area contributed by atoms with Crippen molar-refractivity contribution < 1.29 is 13.2 Å². The van der Waals surface area contributed by atoms with Gasteiger partial charge in [0, 0.05) is 57.9 Å². The van der Waals surface area contributed by atoms with Gasteiger partial charge >= 0.3 is 6.18 Å². The van der Waals surface area contributed by atoms with Crippen LogP contribution in [-0.2, 0) is 0 Å². The predicted octanol–water partition coefficient (Wildman–Crippen LogP) is 2.07. The zero-order valence-electron chi connectivity index (χ0n) is 18.1. The molecule has 0 amide bonds. The van der Waals surface area contributed by atoms with Crippen molar-refractivity contribution in [3.8, 4) is 0 Å². The van der Waals surface area contributed by atoms with Gasteiger partial charge in [-0.05, 0) is 26.3 Å². The second kappa shape index (κ2) is 12.5. The number of rotatable bonds is 7. The lowest BCUT2D eigenvalue weighted by atomic mass is 10.0. The van der Waals surface area contributed by atoms with Crippen LogP contribution in [0.3, 0.4) is 0 Å². The van der Waals surface area contributed by atoms with E-state index >= 15 is 0 Å². The molecule has 0 aliphatic carbocycles. The first kappa shape index (κ1) is 26.7. The lowest BCUT2D eigenvalue weighted by molar-refractivity contribution is -0.143. The van der Waals surface area contributed by atoms with Crippen LogP contribution < -0.4 is 10.6 Å². The smallest absolute Gasteiger partial charge is 0.357 e. The SMILES string of the molecule is CCNC(=NCC(C(C)C)N1CCN(C)CC1)NC1CCN(CC(F)(F)F)C1.I. The Bertz CT molecular complexity index is 495. The van der Waals surface area contributed by atoms with Gasteiger partial charge in [-0.1, -0.05) is 13.8 Å². The lowest BCUT2D eigenvalue weighted by Gasteiger charge is -2.39. The zero-order valence-corrected chi connectivity index (χ0v) is 20.5. The van der Waals surface area contributed by atoms with E-state index in [-0.39, 0.29) is 30.0 Å². The number of halogens is 4. The Labute approximate surface area is 190 Å². The molecule has 10 heteroatoms. The fourth-order valence-electron chi connectivity index (χ4n) is 3.95. The molecule has 2 rings (SSSR count). The normalized spacial score (nSPS) is 23.9. The van der Waals surface area contributed by atoms with Crippen molar-refractivity contribution in [3.05, 3.63) is 0 Å². The second-order valence-corrected chi connectivity index (χ2v) is 8.35. The summed E-state index contributed by atoms with van der Waals surface area (Å²) in [7, 11) is 2.15. The summed E-state index contributed by atoms with van der Waals surface area (Å²) in [4.78, 5) is 11.1. The summed E-state index contributed by atoms with van der Waals surface area (Å²) in [6.45, 7) is 12.1. The number of likely N-dealkylation sites (N-methyl/N-ethyl adjacent to an activating group) is 1. The maximum Gasteiger partial charge on any atom is 0.401 e.